The Kier molecular flexibility index (Phi) is 16.8. The predicted molar refractivity (Wildman–Crippen MR) is 194 cm³/mol. The van der Waals surface area contributed by atoms with Gasteiger partial charge in [0.15, 0.2) is 12.4 Å². The number of nitrogens with one attached hydrogen (secondary N) is 2. The van der Waals surface area contributed by atoms with E-state index in [2.05, 4.69) is 10.6 Å². The number of benzene rings is 2. The molecule has 0 aliphatic carbocycles. The molecule has 0 radical (unpaired) electrons. The van der Waals surface area contributed by atoms with E-state index >= 15 is 0 Å². The molecule has 1 aliphatic rings. The lowest BCUT2D eigenvalue weighted by Gasteiger charge is -2.27. The van der Waals surface area contributed by atoms with E-state index in [4.69, 9.17) is 23.7 Å². The molecule has 0 saturated heterocycles. The third-order valence-electron chi connectivity index (χ3n) is 8.40. The van der Waals surface area contributed by atoms with Crippen molar-refractivity contribution in [3.63, 3.8) is 0 Å². The Labute approximate surface area is 325 Å². The Morgan fingerprint density at radius 1 is 0.947 bits per heavy atom. The summed E-state index contributed by atoms with van der Waals surface area (Å²) in [7, 11) is -11.3. The molecule has 2 unspecified atom stereocenters. The highest BCUT2D eigenvalue weighted by Gasteiger charge is 2.61. The summed E-state index contributed by atoms with van der Waals surface area (Å²) in [6.45, 7) is 0.00297. The standard InChI is InChI=1S/C34H45FN4O16P2/c35-25-3-1-24(2-4-25)29-20-55-30-17-27(5-6-28(30)33(29)43)54-21-32(42)36-8-12-52-14-16-53-15-13-51-11-7-31(41)37-18-26(40)19-38-9-10-39(23-38)22-34(44,56(45,46)47)57(48,49)50/h1-6,9-10,17,23,26,29,40,44H,7-8,11-16,18-22H2,(H5-,36,37,41,42,45,46,47,48,49,50)/p+1. The fourth-order valence-electron chi connectivity index (χ4n) is 5.33. The van der Waals surface area contributed by atoms with Crippen LogP contribution in [0, 0.1) is 5.82 Å². The van der Waals surface area contributed by atoms with Gasteiger partial charge in [0.05, 0.1) is 51.1 Å². The van der Waals surface area contributed by atoms with E-state index in [9.17, 15) is 57.7 Å². The highest BCUT2D eigenvalue weighted by molar-refractivity contribution is 7.72. The number of fused-ring (bicyclic) bond motifs is 1. The molecule has 0 bridgehead atoms. The maximum Gasteiger partial charge on any atom is 0.373 e. The first-order valence-electron chi connectivity index (χ1n) is 17.5. The number of nitrogens with zero attached hydrogens (tertiary/aromatic N) is 2. The van der Waals surface area contributed by atoms with Gasteiger partial charge in [0.1, 0.15) is 55.5 Å². The number of ketones is 1. The van der Waals surface area contributed by atoms with Crippen molar-refractivity contribution in [3.8, 4) is 11.5 Å². The van der Waals surface area contributed by atoms with E-state index in [1.807, 2.05) is 0 Å². The van der Waals surface area contributed by atoms with E-state index in [1.54, 1.807) is 30.3 Å². The minimum Gasteiger partial charge on any atom is -0.492 e. The topological polar surface area (TPSA) is 286 Å². The second-order valence-electron chi connectivity index (χ2n) is 12.8. The summed E-state index contributed by atoms with van der Waals surface area (Å²) in [5.41, 5.74) is 1.03. The number of imidazole rings is 1. The Bertz CT molecular complexity index is 1880. The van der Waals surface area contributed by atoms with Crippen LogP contribution in [0.2, 0.25) is 0 Å². The van der Waals surface area contributed by atoms with Crippen molar-refractivity contribution >= 4 is 32.8 Å². The summed E-state index contributed by atoms with van der Waals surface area (Å²) in [6.07, 6.45) is 2.59. The zero-order chi connectivity index (χ0) is 41.6. The highest BCUT2D eigenvalue weighted by atomic mass is 31.2. The molecule has 314 valence electrons. The number of rotatable bonds is 24. The van der Waals surface area contributed by atoms with E-state index in [-0.39, 0.29) is 90.6 Å². The van der Waals surface area contributed by atoms with E-state index in [0.29, 0.717) is 22.6 Å². The summed E-state index contributed by atoms with van der Waals surface area (Å²) >= 11 is 0. The van der Waals surface area contributed by atoms with Crippen LogP contribution in [-0.4, -0.2) is 129 Å². The molecule has 0 saturated carbocycles. The summed E-state index contributed by atoms with van der Waals surface area (Å²) in [5, 5.41) is 21.8. The summed E-state index contributed by atoms with van der Waals surface area (Å²) in [6, 6.07) is 10.4. The van der Waals surface area contributed by atoms with Crippen molar-refractivity contribution in [2.45, 2.75) is 36.6 Å². The zero-order valence-corrected chi connectivity index (χ0v) is 32.3. The molecule has 20 nitrogen and oxygen atoms in total. The Morgan fingerprint density at radius 2 is 1.60 bits per heavy atom. The van der Waals surface area contributed by atoms with Gasteiger partial charge in [0.2, 0.25) is 12.2 Å². The lowest BCUT2D eigenvalue weighted by Crippen LogP contribution is -2.46. The number of carbonyl (C=O) groups excluding carboxylic acids is 3. The van der Waals surface area contributed by atoms with E-state index in [0.717, 1.165) is 10.9 Å². The van der Waals surface area contributed by atoms with Crippen LogP contribution in [0.3, 0.4) is 0 Å². The third-order valence-corrected chi connectivity index (χ3v) is 12.1. The summed E-state index contributed by atoms with van der Waals surface area (Å²) < 4.78 is 66.1. The van der Waals surface area contributed by atoms with Crippen LogP contribution in [0.25, 0.3) is 0 Å². The molecule has 1 aliphatic heterocycles. The Morgan fingerprint density at radius 3 is 2.26 bits per heavy atom. The molecule has 2 atom stereocenters. The van der Waals surface area contributed by atoms with Crippen LogP contribution in [0.5, 0.6) is 11.5 Å². The monoisotopic (exact) mass is 847 g/mol. The second-order valence-corrected chi connectivity index (χ2v) is 16.8. The first-order valence-corrected chi connectivity index (χ1v) is 20.7. The van der Waals surface area contributed by atoms with E-state index in [1.165, 1.54) is 29.1 Å². The average Bonchev–Trinajstić information content (AvgIpc) is 3.59. The van der Waals surface area contributed by atoms with Gasteiger partial charge < -0.3 is 64.1 Å². The fourth-order valence-corrected chi connectivity index (χ4v) is 7.38. The van der Waals surface area contributed by atoms with Crippen molar-refractivity contribution in [2.24, 2.45) is 0 Å². The number of aliphatic hydroxyl groups is 2. The molecule has 4 rings (SSSR count). The molecule has 2 aromatic carbocycles. The van der Waals surface area contributed by atoms with Crippen molar-refractivity contribution in [2.75, 3.05) is 65.9 Å². The number of amides is 2. The summed E-state index contributed by atoms with van der Waals surface area (Å²) in [5.74, 6) is -1.17. The average molecular weight is 848 g/mol. The lowest BCUT2D eigenvalue weighted by atomic mass is 9.89. The number of Topliss-reactive ketones (excluding diaryl/α,β-unsaturated/α-hetero) is 1. The van der Waals surface area contributed by atoms with E-state index < -0.39 is 50.6 Å². The first-order chi connectivity index (χ1) is 27.0. The van der Waals surface area contributed by atoms with Gasteiger partial charge in [-0.15, -0.1) is 0 Å². The molecule has 57 heavy (non-hydrogen) atoms. The van der Waals surface area contributed by atoms with Gasteiger partial charge in [-0.2, -0.15) is 0 Å². The normalized spacial score (nSPS) is 15.1. The Balaban J connectivity index is 0.969. The third kappa shape index (κ3) is 13.8. The molecule has 3 aromatic rings. The minimum absolute atomic E-state index is 0.00258. The molecule has 1 aromatic heterocycles. The maximum atomic E-state index is 13.3. The first kappa shape index (κ1) is 45.6. The predicted octanol–water partition coefficient (Wildman–Crippen LogP) is -0.613. The van der Waals surface area contributed by atoms with Crippen molar-refractivity contribution in [1.82, 2.24) is 15.2 Å². The molecule has 0 fully saturated rings. The number of hydrogen-bond donors (Lipinski definition) is 8. The van der Waals surface area contributed by atoms with Gasteiger partial charge in [0, 0.05) is 25.6 Å². The minimum atomic E-state index is -5.64. The molecule has 2 amide bonds. The van der Waals surface area contributed by atoms with Gasteiger partial charge in [-0.25, -0.2) is 13.5 Å². The maximum absolute atomic E-state index is 13.3. The molecular formula is C34H46FN4O16P2+. The van der Waals surface area contributed by atoms with Gasteiger partial charge in [-0.05, 0) is 29.8 Å². The van der Waals surface area contributed by atoms with Crippen molar-refractivity contribution < 1.29 is 85.9 Å². The number of ether oxygens (including phenoxy) is 5. The molecule has 0 spiro atoms. The largest absolute Gasteiger partial charge is 0.492 e. The molecule has 23 heteroatoms. The van der Waals surface area contributed by atoms with Crippen molar-refractivity contribution in [3.05, 3.63) is 78.1 Å². The van der Waals surface area contributed by atoms with Crippen LogP contribution >= 0.6 is 15.2 Å². The molecular weight excluding hydrogens is 801 g/mol. The summed E-state index contributed by atoms with van der Waals surface area (Å²) in [4.78, 5) is 74.3. The number of carbonyl (C=O) groups is 3. The molecule has 2 heterocycles. The van der Waals surface area contributed by atoms with Crippen molar-refractivity contribution in [1.29, 1.82) is 0 Å². The lowest BCUT2D eigenvalue weighted by molar-refractivity contribution is -0.703. The fraction of sp³-hybridized carbons (Fsp3) is 0.471. The van der Waals surface area contributed by atoms with Crippen LogP contribution in [0.1, 0.15) is 28.3 Å². The van der Waals surface area contributed by atoms with Crippen LogP contribution in [0.4, 0.5) is 4.39 Å². The zero-order valence-electron chi connectivity index (χ0n) is 30.6. The highest BCUT2D eigenvalue weighted by Crippen LogP contribution is 2.67. The van der Waals surface area contributed by atoms with Gasteiger partial charge in [-0.1, -0.05) is 12.1 Å². The van der Waals surface area contributed by atoms with Crippen LogP contribution < -0.4 is 24.7 Å². The van der Waals surface area contributed by atoms with Crippen LogP contribution in [-0.2, 0) is 46.0 Å². The Hall–Kier alpha value is -4.11. The number of aromatic nitrogens is 2. The molecule has 8 N–H and O–H groups in total. The SMILES string of the molecule is O=C(CCOCCOCCOCCNC(=O)COc1ccc2c(c1)OCC(c1ccc(F)cc1)C2=O)NCC(O)Cn1cc[n+](CC(O)(P(=O)(O)O)P(=O)(O)O)c1. The quantitative estimate of drug-likeness (QED) is 0.0317. The van der Waals surface area contributed by atoms with Gasteiger partial charge in [-0.3, -0.25) is 23.5 Å². The smallest absolute Gasteiger partial charge is 0.373 e. The number of halogens is 1. The second kappa shape index (κ2) is 21.1. The van der Waals surface area contributed by atoms with Gasteiger partial charge in [0.25, 0.3) is 5.91 Å². The number of aliphatic hydroxyl groups excluding tert-OH is 1. The van der Waals surface area contributed by atoms with Crippen LogP contribution in [0.15, 0.2) is 61.2 Å². The number of hydrogen-bond acceptors (Lipinski definition) is 12. The van der Waals surface area contributed by atoms with Gasteiger partial charge >= 0.3 is 20.3 Å².